The van der Waals surface area contributed by atoms with Gasteiger partial charge in [-0.2, -0.15) is 5.10 Å². The summed E-state index contributed by atoms with van der Waals surface area (Å²) in [6.45, 7) is 0.471. The standard InChI is InChI=1S/C14H18N4O2/c1-18(9-11-7-16-17-8-11)14(20)13(15)6-10-2-4-12(19)5-3-10/h2-5,7-8,13,19H,6,9,15H2,1H3,(H,16,17). The number of phenols is 1. The van der Waals surface area contributed by atoms with Gasteiger partial charge in [0, 0.05) is 25.4 Å². The Hall–Kier alpha value is -2.34. The number of nitrogens with zero attached hydrogens (tertiary/aromatic N) is 2. The van der Waals surface area contributed by atoms with Gasteiger partial charge >= 0.3 is 0 Å². The molecule has 1 unspecified atom stereocenters. The summed E-state index contributed by atoms with van der Waals surface area (Å²) in [6.07, 6.45) is 3.86. The zero-order valence-electron chi connectivity index (χ0n) is 11.3. The number of likely N-dealkylation sites (N-methyl/N-ethyl adjacent to an activating group) is 1. The number of nitrogens with two attached hydrogens (primary N) is 1. The van der Waals surface area contributed by atoms with E-state index in [1.54, 1.807) is 48.6 Å². The Morgan fingerprint density at radius 1 is 1.40 bits per heavy atom. The number of rotatable bonds is 5. The van der Waals surface area contributed by atoms with E-state index in [4.69, 9.17) is 5.73 Å². The predicted octanol–water partition coefficient (Wildman–Crippen LogP) is 0.644. The fraction of sp³-hybridized carbons (Fsp3) is 0.286. The minimum absolute atomic E-state index is 0.126. The molecule has 0 bridgehead atoms. The molecule has 1 aromatic heterocycles. The van der Waals surface area contributed by atoms with E-state index in [-0.39, 0.29) is 11.7 Å². The SMILES string of the molecule is CN(Cc1cn[nH]c1)C(=O)C(N)Cc1ccc(O)cc1. The van der Waals surface area contributed by atoms with Gasteiger partial charge in [-0.15, -0.1) is 0 Å². The molecule has 0 spiro atoms. The zero-order chi connectivity index (χ0) is 14.5. The highest BCUT2D eigenvalue weighted by atomic mass is 16.3. The maximum Gasteiger partial charge on any atom is 0.239 e. The van der Waals surface area contributed by atoms with Gasteiger partial charge in [-0.3, -0.25) is 9.89 Å². The molecule has 0 fully saturated rings. The molecule has 6 nitrogen and oxygen atoms in total. The molecule has 0 aliphatic heterocycles. The van der Waals surface area contributed by atoms with Crippen LogP contribution in [0.3, 0.4) is 0 Å². The van der Waals surface area contributed by atoms with E-state index in [9.17, 15) is 9.90 Å². The molecule has 1 atom stereocenters. The third kappa shape index (κ3) is 3.58. The minimum atomic E-state index is -0.601. The maximum atomic E-state index is 12.2. The summed E-state index contributed by atoms with van der Waals surface area (Å²) in [4.78, 5) is 13.7. The molecule has 0 aliphatic rings. The number of H-pyrrole nitrogens is 1. The van der Waals surface area contributed by atoms with E-state index in [2.05, 4.69) is 10.2 Å². The number of carbonyl (C=O) groups is 1. The van der Waals surface area contributed by atoms with Crippen molar-refractivity contribution in [1.82, 2.24) is 15.1 Å². The van der Waals surface area contributed by atoms with Gasteiger partial charge < -0.3 is 15.7 Å². The van der Waals surface area contributed by atoms with E-state index < -0.39 is 6.04 Å². The molecule has 0 saturated carbocycles. The Bertz CT molecular complexity index is 551. The summed E-state index contributed by atoms with van der Waals surface area (Å²) in [5.74, 6) is 0.0741. The van der Waals surface area contributed by atoms with Gasteiger partial charge in [0.1, 0.15) is 5.75 Å². The van der Waals surface area contributed by atoms with Crippen molar-refractivity contribution < 1.29 is 9.90 Å². The molecule has 2 aromatic rings. The van der Waals surface area contributed by atoms with E-state index in [0.29, 0.717) is 13.0 Å². The van der Waals surface area contributed by atoms with Crippen molar-refractivity contribution in [2.75, 3.05) is 7.05 Å². The van der Waals surface area contributed by atoms with Gasteiger partial charge in [0.25, 0.3) is 0 Å². The van der Waals surface area contributed by atoms with Crippen LogP contribution in [0.15, 0.2) is 36.7 Å². The van der Waals surface area contributed by atoms with Crippen LogP contribution in [0.5, 0.6) is 5.75 Å². The largest absolute Gasteiger partial charge is 0.508 e. The van der Waals surface area contributed by atoms with Crippen LogP contribution in [0, 0.1) is 0 Å². The number of hydrogen-bond acceptors (Lipinski definition) is 4. The van der Waals surface area contributed by atoms with E-state index in [1.807, 2.05) is 0 Å². The van der Waals surface area contributed by atoms with E-state index >= 15 is 0 Å². The fourth-order valence-electron chi connectivity index (χ4n) is 1.97. The van der Waals surface area contributed by atoms with Gasteiger partial charge in [-0.25, -0.2) is 0 Å². The molecule has 1 heterocycles. The van der Waals surface area contributed by atoms with Crippen LogP contribution < -0.4 is 5.73 Å². The van der Waals surface area contributed by atoms with Crippen LogP contribution >= 0.6 is 0 Å². The lowest BCUT2D eigenvalue weighted by molar-refractivity contribution is -0.131. The molecule has 0 aliphatic carbocycles. The van der Waals surface area contributed by atoms with Crippen molar-refractivity contribution in [3.8, 4) is 5.75 Å². The lowest BCUT2D eigenvalue weighted by atomic mass is 10.1. The minimum Gasteiger partial charge on any atom is -0.508 e. The Morgan fingerprint density at radius 2 is 2.10 bits per heavy atom. The van der Waals surface area contributed by atoms with Gasteiger partial charge in [0.05, 0.1) is 12.2 Å². The molecule has 106 valence electrons. The normalized spacial score (nSPS) is 12.1. The Kier molecular flexibility index (Phi) is 4.37. The maximum absolute atomic E-state index is 12.2. The average Bonchev–Trinajstić information content (AvgIpc) is 2.93. The fourth-order valence-corrected chi connectivity index (χ4v) is 1.97. The second-order valence-electron chi connectivity index (χ2n) is 4.78. The van der Waals surface area contributed by atoms with Gasteiger partial charge in [-0.1, -0.05) is 12.1 Å². The first kappa shape index (κ1) is 14.1. The van der Waals surface area contributed by atoms with Crippen molar-refractivity contribution in [2.45, 2.75) is 19.0 Å². The Morgan fingerprint density at radius 3 is 2.70 bits per heavy atom. The third-order valence-corrected chi connectivity index (χ3v) is 3.06. The number of nitrogens with one attached hydrogen (secondary N) is 1. The monoisotopic (exact) mass is 274 g/mol. The number of benzene rings is 1. The molecule has 0 saturated heterocycles. The first-order valence-corrected chi connectivity index (χ1v) is 6.32. The summed E-state index contributed by atoms with van der Waals surface area (Å²) in [6, 6.07) is 6.09. The molecular weight excluding hydrogens is 256 g/mol. The zero-order valence-corrected chi connectivity index (χ0v) is 11.3. The summed E-state index contributed by atoms with van der Waals surface area (Å²) in [7, 11) is 1.71. The van der Waals surface area contributed by atoms with Gasteiger partial charge in [0.2, 0.25) is 5.91 Å². The number of aromatic nitrogens is 2. The highest BCUT2D eigenvalue weighted by Gasteiger charge is 2.18. The van der Waals surface area contributed by atoms with Crippen LogP contribution in [0.1, 0.15) is 11.1 Å². The summed E-state index contributed by atoms with van der Waals surface area (Å²) in [5.41, 5.74) is 7.79. The molecule has 1 aromatic carbocycles. The van der Waals surface area contributed by atoms with E-state index in [0.717, 1.165) is 11.1 Å². The van der Waals surface area contributed by atoms with Crippen LogP contribution in [0.4, 0.5) is 0 Å². The van der Waals surface area contributed by atoms with Crippen LogP contribution in [0.25, 0.3) is 0 Å². The van der Waals surface area contributed by atoms with Crippen molar-refractivity contribution in [3.63, 3.8) is 0 Å². The number of phenolic OH excluding ortho intramolecular Hbond substituents is 1. The second kappa shape index (κ2) is 6.21. The van der Waals surface area contributed by atoms with Crippen molar-refractivity contribution in [1.29, 1.82) is 0 Å². The van der Waals surface area contributed by atoms with Crippen LogP contribution in [-0.2, 0) is 17.8 Å². The van der Waals surface area contributed by atoms with Crippen LogP contribution in [-0.4, -0.2) is 39.2 Å². The number of amides is 1. The topological polar surface area (TPSA) is 95.2 Å². The van der Waals surface area contributed by atoms with Crippen molar-refractivity contribution in [2.24, 2.45) is 5.73 Å². The molecule has 0 radical (unpaired) electrons. The van der Waals surface area contributed by atoms with Gasteiger partial charge in [0.15, 0.2) is 0 Å². The van der Waals surface area contributed by atoms with Crippen LogP contribution in [0.2, 0.25) is 0 Å². The average molecular weight is 274 g/mol. The lowest BCUT2D eigenvalue weighted by Gasteiger charge is -2.20. The first-order chi connectivity index (χ1) is 9.56. The molecule has 1 amide bonds. The quantitative estimate of drug-likeness (QED) is 0.745. The molecular formula is C14H18N4O2. The number of aromatic hydroxyl groups is 1. The van der Waals surface area contributed by atoms with E-state index in [1.165, 1.54) is 0 Å². The van der Waals surface area contributed by atoms with Crippen molar-refractivity contribution in [3.05, 3.63) is 47.8 Å². The Balaban J connectivity index is 1.92. The molecule has 2 rings (SSSR count). The Labute approximate surface area is 117 Å². The molecule has 6 heteroatoms. The van der Waals surface area contributed by atoms with Gasteiger partial charge in [-0.05, 0) is 24.1 Å². The summed E-state index contributed by atoms with van der Waals surface area (Å²) >= 11 is 0. The lowest BCUT2D eigenvalue weighted by Crippen LogP contribution is -2.42. The number of carbonyl (C=O) groups excluding carboxylic acids is 1. The predicted molar refractivity (Wildman–Crippen MR) is 74.8 cm³/mol. The highest BCUT2D eigenvalue weighted by molar-refractivity contribution is 5.81. The highest BCUT2D eigenvalue weighted by Crippen LogP contribution is 2.11. The van der Waals surface area contributed by atoms with Crippen molar-refractivity contribution >= 4 is 5.91 Å². The second-order valence-corrected chi connectivity index (χ2v) is 4.78. The summed E-state index contributed by atoms with van der Waals surface area (Å²) in [5, 5.41) is 15.8. The molecule has 4 N–H and O–H groups in total. The number of hydrogen-bond donors (Lipinski definition) is 3. The smallest absolute Gasteiger partial charge is 0.239 e. The third-order valence-electron chi connectivity index (χ3n) is 3.06. The summed E-state index contributed by atoms with van der Waals surface area (Å²) < 4.78 is 0. The molecule has 20 heavy (non-hydrogen) atoms. The first-order valence-electron chi connectivity index (χ1n) is 6.32. The number of aromatic amines is 1.